The van der Waals surface area contributed by atoms with Crippen molar-refractivity contribution in [1.29, 1.82) is 0 Å². The van der Waals surface area contributed by atoms with Crippen LogP contribution in [-0.4, -0.2) is 48.4 Å². The van der Waals surface area contributed by atoms with Crippen molar-refractivity contribution in [2.45, 2.75) is 25.8 Å². The minimum absolute atomic E-state index is 0.287. The van der Waals surface area contributed by atoms with Crippen molar-refractivity contribution in [2.75, 3.05) is 13.1 Å². The lowest BCUT2D eigenvalue weighted by atomic mass is 10.0. The topological polar surface area (TPSA) is 79.7 Å². The maximum Gasteiger partial charge on any atom is 0.225 e. The zero-order valence-corrected chi connectivity index (χ0v) is 19.4. The minimum Gasteiger partial charge on any atom is -0.345 e. The molecular formula is C28H26N6O. The second-order valence-electron chi connectivity index (χ2n) is 9.81. The van der Waals surface area contributed by atoms with Gasteiger partial charge in [0.1, 0.15) is 11.3 Å². The number of hydrogen-bond donors (Lipinski definition) is 1. The zero-order valence-electron chi connectivity index (χ0n) is 19.4. The van der Waals surface area contributed by atoms with Gasteiger partial charge < -0.3 is 14.5 Å². The Morgan fingerprint density at radius 1 is 1.03 bits per heavy atom. The average Bonchev–Trinajstić information content (AvgIpc) is 3.28. The monoisotopic (exact) mass is 462 g/mol. The molecule has 7 nitrogen and oxygen atoms in total. The number of carbonyl (C=O) groups is 1. The van der Waals surface area contributed by atoms with Crippen LogP contribution >= 0.6 is 0 Å². The summed E-state index contributed by atoms with van der Waals surface area (Å²) in [5, 5.41) is 0. The number of fused-ring (bicyclic) bond motifs is 2. The van der Waals surface area contributed by atoms with Gasteiger partial charge in [0, 0.05) is 42.9 Å². The predicted octanol–water partition coefficient (Wildman–Crippen LogP) is 4.90. The molecule has 2 aromatic carbocycles. The number of benzene rings is 2. The normalized spacial score (nSPS) is 18.1. The number of rotatable bonds is 5. The molecule has 1 aliphatic carbocycles. The van der Waals surface area contributed by atoms with E-state index in [-0.39, 0.29) is 5.92 Å². The number of pyridine rings is 1. The van der Waals surface area contributed by atoms with Gasteiger partial charge in [-0.1, -0.05) is 36.4 Å². The highest BCUT2D eigenvalue weighted by molar-refractivity contribution is 5.92. The molecule has 0 unspecified atom stereocenters. The van der Waals surface area contributed by atoms with Gasteiger partial charge in [-0.2, -0.15) is 0 Å². The highest BCUT2D eigenvalue weighted by atomic mass is 16.2. The molecule has 2 aliphatic rings. The molecule has 1 atom stereocenters. The first-order chi connectivity index (χ1) is 17.2. The van der Waals surface area contributed by atoms with Gasteiger partial charge in [-0.05, 0) is 42.9 Å². The van der Waals surface area contributed by atoms with Gasteiger partial charge in [0.05, 0.1) is 29.1 Å². The van der Waals surface area contributed by atoms with Crippen molar-refractivity contribution in [2.24, 2.45) is 11.8 Å². The molecule has 0 radical (unpaired) electrons. The maximum absolute atomic E-state index is 12.6. The summed E-state index contributed by atoms with van der Waals surface area (Å²) in [6, 6.07) is 16.8. The van der Waals surface area contributed by atoms with Crippen LogP contribution in [0, 0.1) is 11.8 Å². The second kappa shape index (κ2) is 8.05. The number of aromatic nitrogens is 5. The summed E-state index contributed by atoms with van der Waals surface area (Å²) in [5.74, 6) is 2.02. The van der Waals surface area contributed by atoms with Crippen LogP contribution in [0.4, 0.5) is 0 Å². The molecule has 1 aliphatic heterocycles. The van der Waals surface area contributed by atoms with E-state index in [4.69, 9.17) is 4.98 Å². The van der Waals surface area contributed by atoms with E-state index in [1.807, 2.05) is 24.5 Å². The second-order valence-corrected chi connectivity index (χ2v) is 9.81. The Morgan fingerprint density at radius 3 is 2.74 bits per heavy atom. The smallest absolute Gasteiger partial charge is 0.225 e. The van der Waals surface area contributed by atoms with E-state index < -0.39 is 0 Å². The van der Waals surface area contributed by atoms with Crippen LogP contribution in [0.3, 0.4) is 0 Å². The summed E-state index contributed by atoms with van der Waals surface area (Å²) in [7, 11) is 0. The van der Waals surface area contributed by atoms with Crippen LogP contribution in [0.5, 0.6) is 0 Å². The molecule has 1 saturated carbocycles. The fraction of sp³-hybridized carbons (Fsp3) is 0.286. The lowest BCUT2D eigenvalue weighted by molar-refractivity contribution is -0.131. The van der Waals surface area contributed by atoms with E-state index in [2.05, 4.69) is 60.8 Å². The number of imidazole rings is 2. The molecular weight excluding hydrogens is 436 g/mol. The van der Waals surface area contributed by atoms with Gasteiger partial charge >= 0.3 is 0 Å². The fourth-order valence-corrected chi connectivity index (χ4v) is 5.41. The van der Waals surface area contributed by atoms with Gasteiger partial charge in [-0.3, -0.25) is 9.78 Å². The molecule has 7 rings (SSSR count). The molecule has 3 aromatic heterocycles. The van der Waals surface area contributed by atoms with Crippen molar-refractivity contribution >= 4 is 28.0 Å². The number of aromatic amines is 1. The van der Waals surface area contributed by atoms with Crippen LogP contribution in [0.25, 0.3) is 44.6 Å². The van der Waals surface area contributed by atoms with E-state index in [0.717, 1.165) is 83.5 Å². The van der Waals surface area contributed by atoms with Crippen LogP contribution in [0.1, 0.15) is 19.3 Å². The molecule has 35 heavy (non-hydrogen) atoms. The predicted molar refractivity (Wildman–Crippen MR) is 135 cm³/mol. The summed E-state index contributed by atoms with van der Waals surface area (Å²) in [5.41, 5.74) is 7.31. The quantitative estimate of drug-likeness (QED) is 0.403. The Hall–Kier alpha value is -4.00. The number of nitrogens with zero attached hydrogens (tertiary/aromatic N) is 5. The van der Waals surface area contributed by atoms with E-state index >= 15 is 0 Å². The number of nitrogens with one attached hydrogen (secondary N) is 1. The Labute approximate surface area is 202 Å². The molecule has 4 heterocycles. The first-order valence-electron chi connectivity index (χ1n) is 12.4. The standard InChI is InChI=1S/C28H26N6O/c35-28(21-8-9-21)33-13-11-18(15-33)16-34-25-10-12-29-14-24(25)32-27(34)20-6-4-19(5-7-20)22-2-1-3-23-26(22)31-17-30-23/h1-7,10,12,14,17-18,21H,8-9,11,13,15-16H2,(H,30,31)/t18-/m1/s1. The molecule has 174 valence electrons. The molecule has 1 amide bonds. The number of para-hydroxylation sites is 1. The summed E-state index contributed by atoms with van der Waals surface area (Å²) in [4.78, 5) is 31.6. The zero-order chi connectivity index (χ0) is 23.4. The van der Waals surface area contributed by atoms with Crippen LogP contribution < -0.4 is 0 Å². The van der Waals surface area contributed by atoms with Gasteiger partial charge in [-0.25, -0.2) is 9.97 Å². The fourth-order valence-electron chi connectivity index (χ4n) is 5.41. The first-order valence-corrected chi connectivity index (χ1v) is 12.4. The Kier molecular flexibility index (Phi) is 4.68. The Bertz CT molecular complexity index is 1550. The number of amides is 1. The summed E-state index contributed by atoms with van der Waals surface area (Å²) >= 11 is 0. The van der Waals surface area contributed by atoms with Gasteiger partial charge in [-0.15, -0.1) is 0 Å². The van der Waals surface area contributed by atoms with Crippen molar-refractivity contribution in [3.63, 3.8) is 0 Å². The van der Waals surface area contributed by atoms with Gasteiger partial charge in [0.2, 0.25) is 5.91 Å². The van der Waals surface area contributed by atoms with Crippen molar-refractivity contribution < 1.29 is 4.79 Å². The van der Waals surface area contributed by atoms with Crippen LogP contribution in [0.2, 0.25) is 0 Å². The SMILES string of the molecule is O=C(C1CC1)N1CC[C@@H](Cn2c(-c3ccc(-c4cccc5[nH]cnc45)cc3)nc3cnccc32)C1. The van der Waals surface area contributed by atoms with Gasteiger partial charge in [0.15, 0.2) is 0 Å². The lowest BCUT2D eigenvalue weighted by Crippen LogP contribution is -2.30. The van der Waals surface area contributed by atoms with Crippen LogP contribution in [0.15, 0.2) is 67.3 Å². The average molecular weight is 463 g/mol. The molecule has 1 N–H and O–H groups in total. The highest BCUT2D eigenvalue weighted by Gasteiger charge is 2.36. The largest absolute Gasteiger partial charge is 0.345 e. The van der Waals surface area contributed by atoms with E-state index in [1.165, 1.54) is 0 Å². The third kappa shape index (κ3) is 3.58. The molecule has 0 spiro atoms. The van der Waals surface area contributed by atoms with Crippen LogP contribution in [-0.2, 0) is 11.3 Å². The molecule has 2 fully saturated rings. The molecule has 5 aromatic rings. The maximum atomic E-state index is 12.6. The summed E-state index contributed by atoms with van der Waals surface area (Å²) < 4.78 is 2.32. The summed E-state index contributed by atoms with van der Waals surface area (Å²) in [6.45, 7) is 2.56. The third-order valence-corrected chi connectivity index (χ3v) is 7.42. The van der Waals surface area contributed by atoms with Gasteiger partial charge in [0.25, 0.3) is 0 Å². The molecule has 7 heteroatoms. The minimum atomic E-state index is 0.287. The summed E-state index contributed by atoms with van der Waals surface area (Å²) in [6.07, 6.45) is 8.56. The van der Waals surface area contributed by atoms with E-state index in [1.54, 1.807) is 6.33 Å². The van der Waals surface area contributed by atoms with Crippen molar-refractivity contribution in [3.8, 4) is 22.5 Å². The third-order valence-electron chi connectivity index (χ3n) is 7.42. The van der Waals surface area contributed by atoms with Crippen molar-refractivity contribution in [1.82, 2.24) is 29.4 Å². The highest BCUT2D eigenvalue weighted by Crippen LogP contribution is 2.34. The Balaban J connectivity index is 1.21. The Morgan fingerprint density at radius 2 is 1.89 bits per heavy atom. The lowest BCUT2D eigenvalue weighted by Gasteiger charge is -2.18. The number of H-pyrrole nitrogens is 1. The molecule has 1 saturated heterocycles. The van der Waals surface area contributed by atoms with E-state index in [9.17, 15) is 4.79 Å². The first kappa shape index (κ1) is 20.4. The number of likely N-dealkylation sites (tertiary alicyclic amines) is 1. The number of hydrogen-bond acceptors (Lipinski definition) is 4. The number of carbonyl (C=O) groups excluding carboxylic acids is 1. The van der Waals surface area contributed by atoms with Crippen molar-refractivity contribution in [3.05, 3.63) is 67.3 Å². The molecule has 0 bridgehead atoms. The van der Waals surface area contributed by atoms with E-state index in [0.29, 0.717) is 11.8 Å².